The molecule has 0 aromatic heterocycles. The smallest absolute Gasteiger partial charge is 0.164 e. The van der Waals surface area contributed by atoms with E-state index in [9.17, 15) is 5.11 Å². The van der Waals surface area contributed by atoms with Crippen molar-refractivity contribution in [2.24, 2.45) is 0 Å². The molecule has 0 spiro atoms. The van der Waals surface area contributed by atoms with Crippen molar-refractivity contribution >= 4 is 0 Å². The molecule has 0 aliphatic carbocycles. The first kappa shape index (κ1) is 16.1. The number of aliphatic hydroxyl groups is 1. The number of rotatable bonds is 4. The van der Waals surface area contributed by atoms with Crippen molar-refractivity contribution in [1.29, 1.82) is 0 Å². The molecule has 0 saturated carbocycles. The van der Waals surface area contributed by atoms with Crippen molar-refractivity contribution in [1.82, 2.24) is 5.48 Å². The Morgan fingerprint density at radius 3 is 2.40 bits per heavy atom. The molecule has 5 atom stereocenters. The van der Waals surface area contributed by atoms with E-state index in [0.717, 1.165) is 0 Å². The van der Waals surface area contributed by atoms with Crippen LogP contribution in [0.25, 0.3) is 0 Å². The van der Waals surface area contributed by atoms with Gasteiger partial charge in [-0.15, -0.1) is 0 Å². The third kappa shape index (κ3) is 3.48. The highest BCUT2D eigenvalue weighted by molar-refractivity contribution is 4.99. The van der Waals surface area contributed by atoms with Crippen molar-refractivity contribution in [3.05, 3.63) is 0 Å². The van der Waals surface area contributed by atoms with Crippen LogP contribution in [0.1, 0.15) is 34.6 Å². The summed E-state index contributed by atoms with van der Waals surface area (Å²) in [6.45, 7) is 9.43. The first-order valence-corrected chi connectivity index (χ1v) is 6.86. The molecule has 2 heterocycles. The van der Waals surface area contributed by atoms with Gasteiger partial charge in [0.2, 0.25) is 0 Å². The van der Waals surface area contributed by atoms with Gasteiger partial charge in [0.1, 0.15) is 24.4 Å². The summed E-state index contributed by atoms with van der Waals surface area (Å²) in [4.78, 5) is 0. The van der Waals surface area contributed by atoms with Crippen LogP contribution in [0.4, 0.5) is 0 Å². The van der Waals surface area contributed by atoms with Gasteiger partial charge < -0.3 is 29.3 Å². The average molecular weight is 291 g/mol. The molecule has 7 nitrogen and oxygen atoms in total. The van der Waals surface area contributed by atoms with Gasteiger partial charge in [0, 0.05) is 0 Å². The standard InChI is InChI=1S/C13H25NO6/c1-12(2,3)17-6-7(15)8-9-10(11(14-16)18-8)20-13(4,5)19-9/h7-11,14-16H,6H2,1-5H3/t7-,8-,9?,10?,11+/m1/s1. The second kappa shape index (κ2) is 5.49. The summed E-state index contributed by atoms with van der Waals surface area (Å²) < 4.78 is 22.6. The monoisotopic (exact) mass is 291 g/mol. The zero-order valence-corrected chi connectivity index (χ0v) is 12.6. The Kier molecular flexibility index (Phi) is 4.42. The van der Waals surface area contributed by atoms with Crippen LogP contribution < -0.4 is 5.48 Å². The lowest BCUT2D eigenvalue weighted by Gasteiger charge is -2.28. The van der Waals surface area contributed by atoms with Gasteiger partial charge in [-0.25, -0.2) is 0 Å². The molecular weight excluding hydrogens is 266 g/mol. The molecule has 0 amide bonds. The summed E-state index contributed by atoms with van der Waals surface area (Å²) in [5, 5.41) is 19.4. The summed E-state index contributed by atoms with van der Waals surface area (Å²) >= 11 is 0. The minimum absolute atomic E-state index is 0.124. The van der Waals surface area contributed by atoms with Crippen molar-refractivity contribution in [2.75, 3.05) is 6.61 Å². The van der Waals surface area contributed by atoms with E-state index in [4.69, 9.17) is 24.2 Å². The maximum atomic E-state index is 10.2. The fourth-order valence-electron chi connectivity index (χ4n) is 2.47. The summed E-state index contributed by atoms with van der Waals surface area (Å²) in [5.41, 5.74) is 1.70. The maximum Gasteiger partial charge on any atom is 0.164 e. The third-order valence-electron chi connectivity index (χ3n) is 3.28. The number of nitrogens with one attached hydrogen (secondary N) is 1. The van der Waals surface area contributed by atoms with E-state index in [1.54, 1.807) is 13.8 Å². The number of hydroxylamine groups is 1. The molecule has 0 aromatic rings. The summed E-state index contributed by atoms with van der Waals surface area (Å²) in [5.74, 6) is -0.767. The predicted molar refractivity (Wildman–Crippen MR) is 69.1 cm³/mol. The van der Waals surface area contributed by atoms with Gasteiger partial charge in [-0.2, -0.15) is 5.48 Å². The van der Waals surface area contributed by atoms with Gasteiger partial charge in [0.15, 0.2) is 12.0 Å². The number of hydrogen-bond acceptors (Lipinski definition) is 7. The number of aliphatic hydroxyl groups excluding tert-OH is 1. The van der Waals surface area contributed by atoms with Gasteiger partial charge in [-0.3, -0.25) is 0 Å². The molecule has 0 radical (unpaired) electrons. The van der Waals surface area contributed by atoms with Gasteiger partial charge >= 0.3 is 0 Å². The Balaban J connectivity index is 2.01. The summed E-state index contributed by atoms with van der Waals surface area (Å²) in [6, 6.07) is 0. The Morgan fingerprint density at radius 2 is 1.85 bits per heavy atom. The van der Waals surface area contributed by atoms with Crippen LogP contribution in [0, 0.1) is 0 Å². The second-order valence-corrected chi connectivity index (χ2v) is 6.71. The van der Waals surface area contributed by atoms with Crippen LogP contribution in [0.3, 0.4) is 0 Å². The molecule has 2 aliphatic heterocycles. The first-order valence-electron chi connectivity index (χ1n) is 6.86. The van der Waals surface area contributed by atoms with Crippen LogP contribution in [0.5, 0.6) is 0 Å². The maximum absolute atomic E-state index is 10.2. The van der Waals surface area contributed by atoms with Gasteiger partial charge in [-0.1, -0.05) is 0 Å². The quantitative estimate of drug-likeness (QED) is 0.645. The summed E-state index contributed by atoms with van der Waals surface area (Å²) in [7, 11) is 0. The largest absolute Gasteiger partial charge is 0.388 e. The molecule has 0 bridgehead atoms. The molecule has 2 rings (SSSR count). The second-order valence-electron chi connectivity index (χ2n) is 6.71. The molecule has 2 aliphatic rings. The molecule has 3 N–H and O–H groups in total. The van der Waals surface area contributed by atoms with E-state index in [0.29, 0.717) is 0 Å². The minimum atomic E-state index is -0.863. The van der Waals surface area contributed by atoms with E-state index in [1.807, 2.05) is 20.8 Å². The molecule has 2 saturated heterocycles. The lowest BCUT2D eigenvalue weighted by atomic mass is 10.1. The fourth-order valence-corrected chi connectivity index (χ4v) is 2.47. The highest BCUT2D eigenvalue weighted by Crippen LogP contribution is 2.38. The Morgan fingerprint density at radius 1 is 1.25 bits per heavy atom. The van der Waals surface area contributed by atoms with E-state index in [-0.39, 0.29) is 12.2 Å². The lowest BCUT2D eigenvalue weighted by molar-refractivity contribution is -0.215. The molecule has 118 valence electrons. The number of fused-ring (bicyclic) bond motifs is 1. The van der Waals surface area contributed by atoms with Crippen molar-refractivity contribution in [3.63, 3.8) is 0 Å². The topological polar surface area (TPSA) is 89.4 Å². The molecule has 2 fully saturated rings. The Labute approximate surface area is 119 Å². The van der Waals surface area contributed by atoms with Crippen molar-refractivity contribution in [3.8, 4) is 0 Å². The van der Waals surface area contributed by atoms with Crippen LogP contribution in [0.15, 0.2) is 0 Å². The first-order chi connectivity index (χ1) is 9.13. The zero-order valence-electron chi connectivity index (χ0n) is 12.6. The van der Waals surface area contributed by atoms with Crippen LogP contribution in [-0.2, 0) is 18.9 Å². The highest BCUT2D eigenvalue weighted by Gasteiger charge is 2.57. The van der Waals surface area contributed by atoms with E-state index < -0.39 is 36.4 Å². The third-order valence-corrected chi connectivity index (χ3v) is 3.28. The zero-order chi connectivity index (χ0) is 15.1. The fraction of sp³-hybridized carbons (Fsp3) is 1.00. The van der Waals surface area contributed by atoms with Crippen molar-refractivity contribution in [2.45, 2.75) is 76.7 Å². The van der Waals surface area contributed by atoms with Crippen LogP contribution in [-0.4, -0.2) is 59.0 Å². The molecule has 7 heteroatoms. The predicted octanol–water partition coefficient (Wildman–Crippen LogP) is 0.386. The van der Waals surface area contributed by atoms with Gasteiger partial charge in [0.05, 0.1) is 12.2 Å². The van der Waals surface area contributed by atoms with Crippen molar-refractivity contribution < 1.29 is 29.3 Å². The normalized spacial score (nSPS) is 38.0. The SMILES string of the molecule is CC(C)(C)OC[C@@H](O)[C@H]1O[C@H](NO)C2OC(C)(C)OC21. The van der Waals surface area contributed by atoms with Crippen LogP contribution in [0.2, 0.25) is 0 Å². The number of ether oxygens (including phenoxy) is 4. The van der Waals surface area contributed by atoms with Crippen LogP contribution >= 0.6 is 0 Å². The summed E-state index contributed by atoms with van der Waals surface area (Å²) in [6.07, 6.45) is -3.13. The molecular formula is C13H25NO6. The average Bonchev–Trinajstić information content (AvgIpc) is 2.78. The molecule has 20 heavy (non-hydrogen) atoms. The van der Waals surface area contributed by atoms with Gasteiger partial charge in [0.25, 0.3) is 0 Å². The Hall–Kier alpha value is -0.280. The van der Waals surface area contributed by atoms with E-state index in [1.165, 1.54) is 0 Å². The van der Waals surface area contributed by atoms with Gasteiger partial charge in [-0.05, 0) is 34.6 Å². The number of hydrogen-bond donors (Lipinski definition) is 3. The van der Waals surface area contributed by atoms with E-state index in [2.05, 4.69) is 5.48 Å². The molecule has 0 aromatic carbocycles. The minimum Gasteiger partial charge on any atom is -0.388 e. The Bertz CT molecular complexity index is 342. The van der Waals surface area contributed by atoms with E-state index >= 15 is 0 Å². The highest BCUT2D eigenvalue weighted by atomic mass is 16.8. The molecule has 2 unspecified atom stereocenters. The lowest BCUT2D eigenvalue weighted by Crippen LogP contribution is -2.42.